The maximum Gasteiger partial charge on any atom is 0.258 e. The average molecular weight is 314 g/mol. The summed E-state index contributed by atoms with van der Waals surface area (Å²) in [5, 5.41) is 10.4. The summed E-state index contributed by atoms with van der Waals surface area (Å²) in [7, 11) is 1.80. The number of anilines is 1. The summed E-state index contributed by atoms with van der Waals surface area (Å²) in [6.45, 7) is 0. The van der Waals surface area contributed by atoms with Gasteiger partial charge in [0.05, 0.1) is 5.56 Å². The predicted octanol–water partition coefficient (Wildman–Crippen LogP) is 3.01. The third kappa shape index (κ3) is 3.08. The molecule has 5 nitrogen and oxygen atoms in total. The van der Waals surface area contributed by atoms with Crippen molar-refractivity contribution >= 4 is 11.6 Å². The molecule has 1 aromatic heterocycles. The standard InChI is InChI=1S/C16H12F2N4O/c1-22-9-19-21-15(22)10-3-2-4-12(7-10)20-16(23)13-6-5-11(17)8-14(13)18/h2-9H,1H3,(H,20,23). The highest BCUT2D eigenvalue weighted by Gasteiger charge is 2.13. The van der Waals surface area contributed by atoms with Crippen LogP contribution in [0.3, 0.4) is 0 Å². The second kappa shape index (κ2) is 5.96. The van der Waals surface area contributed by atoms with E-state index in [1.165, 1.54) is 0 Å². The van der Waals surface area contributed by atoms with Crippen LogP contribution in [0.1, 0.15) is 10.4 Å². The first-order chi connectivity index (χ1) is 11.0. The van der Waals surface area contributed by atoms with Crippen LogP contribution in [0.25, 0.3) is 11.4 Å². The number of nitrogens with one attached hydrogen (secondary N) is 1. The number of hydrogen-bond acceptors (Lipinski definition) is 3. The Kier molecular flexibility index (Phi) is 3.84. The van der Waals surface area contributed by atoms with Crippen molar-refractivity contribution in [2.45, 2.75) is 0 Å². The highest BCUT2D eigenvalue weighted by atomic mass is 19.1. The normalized spacial score (nSPS) is 10.6. The van der Waals surface area contributed by atoms with Crippen molar-refractivity contribution < 1.29 is 13.6 Å². The Balaban J connectivity index is 1.86. The van der Waals surface area contributed by atoms with Gasteiger partial charge in [-0.25, -0.2) is 8.78 Å². The largest absolute Gasteiger partial charge is 0.322 e. The number of aryl methyl sites for hydroxylation is 1. The summed E-state index contributed by atoms with van der Waals surface area (Å²) in [6, 6.07) is 9.73. The van der Waals surface area contributed by atoms with Gasteiger partial charge in [0, 0.05) is 24.4 Å². The van der Waals surface area contributed by atoms with Gasteiger partial charge in [-0.2, -0.15) is 0 Å². The van der Waals surface area contributed by atoms with E-state index in [-0.39, 0.29) is 5.56 Å². The second-order valence-corrected chi connectivity index (χ2v) is 4.92. The van der Waals surface area contributed by atoms with Gasteiger partial charge in [-0.3, -0.25) is 4.79 Å². The van der Waals surface area contributed by atoms with E-state index in [2.05, 4.69) is 15.5 Å². The Labute approximate surface area is 130 Å². The first-order valence-corrected chi connectivity index (χ1v) is 6.75. The molecular formula is C16H12F2N4O. The lowest BCUT2D eigenvalue weighted by Gasteiger charge is -2.08. The van der Waals surface area contributed by atoms with Crippen molar-refractivity contribution in [3.8, 4) is 11.4 Å². The Bertz CT molecular complexity index is 876. The van der Waals surface area contributed by atoms with Crippen LogP contribution >= 0.6 is 0 Å². The summed E-state index contributed by atoms with van der Waals surface area (Å²) >= 11 is 0. The molecule has 7 heteroatoms. The van der Waals surface area contributed by atoms with E-state index in [9.17, 15) is 13.6 Å². The number of benzene rings is 2. The number of nitrogens with zero attached hydrogens (tertiary/aromatic N) is 3. The first kappa shape index (κ1) is 14.8. The molecule has 0 bridgehead atoms. The van der Waals surface area contributed by atoms with E-state index in [1.54, 1.807) is 36.1 Å². The molecule has 1 amide bonds. The third-order valence-corrected chi connectivity index (χ3v) is 3.27. The molecule has 3 aromatic rings. The van der Waals surface area contributed by atoms with Crippen LogP contribution in [0.4, 0.5) is 14.5 Å². The molecule has 2 aromatic carbocycles. The predicted molar refractivity (Wildman–Crippen MR) is 80.8 cm³/mol. The van der Waals surface area contributed by atoms with Crippen LogP contribution in [0.2, 0.25) is 0 Å². The topological polar surface area (TPSA) is 59.8 Å². The number of aromatic nitrogens is 3. The zero-order chi connectivity index (χ0) is 16.4. The fourth-order valence-electron chi connectivity index (χ4n) is 2.15. The van der Waals surface area contributed by atoms with Crippen molar-refractivity contribution in [1.29, 1.82) is 0 Å². The van der Waals surface area contributed by atoms with Crippen molar-refractivity contribution in [3.63, 3.8) is 0 Å². The van der Waals surface area contributed by atoms with Crippen molar-refractivity contribution in [3.05, 3.63) is 66.0 Å². The number of rotatable bonds is 3. The van der Waals surface area contributed by atoms with Crippen molar-refractivity contribution in [2.24, 2.45) is 7.05 Å². The molecule has 1 N–H and O–H groups in total. The molecule has 0 aliphatic carbocycles. The zero-order valence-corrected chi connectivity index (χ0v) is 12.1. The molecule has 1 heterocycles. The van der Waals surface area contributed by atoms with Crippen molar-refractivity contribution in [1.82, 2.24) is 14.8 Å². The lowest BCUT2D eigenvalue weighted by molar-refractivity contribution is 0.102. The van der Waals surface area contributed by atoms with Gasteiger partial charge in [-0.05, 0) is 24.3 Å². The van der Waals surface area contributed by atoms with Crippen LogP contribution in [0, 0.1) is 11.6 Å². The van der Waals surface area contributed by atoms with E-state index in [0.29, 0.717) is 17.6 Å². The SMILES string of the molecule is Cn1cnnc1-c1cccc(NC(=O)c2ccc(F)cc2F)c1. The van der Waals surface area contributed by atoms with Crippen LogP contribution < -0.4 is 5.32 Å². The lowest BCUT2D eigenvalue weighted by Crippen LogP contribution is -2.14. The minimum atomic E-state index is -0.910. The molecule has 23 heavy (non-hydrogen) atoms. The van der Waals surface area contributed by atoms with E-state index >= 15 is 0 Å². The lowest BCUT2D eigenvalue weighted by atomic mass is 10.1. The molecule has 116 valence electrons. The molecule has 0 saturated heterocycles. The quantitative estimate of drug-likeness (QED) is 0.808. The van der Waals surface area contributed by atoms with Gasteiger partial charge in [-0.15, -0.1) is 10.2 Å². The number of carbonyl (C=O) groups is 1. The number of amides is 1. The molecule has 0 fully saturated rings. The summed E-state index contributed by atoms with van der Waals surface area (Å²) < 4.78 is 28.3. The molecule has 0 aliphatic rings. The van der Waals surface area contributed by atoms with E-state index in [0.717, 1.165) is 17.7 Å². The molecule has 3 rings (SSSR count). The molecule has 0 radical (unpaired) electrons. The van der Waals surface area contributed by atoms with E-state index in [1.807, 2.05) is 6.07 Å². The molecule has 0 saturated carbocycles. The number of carbonyl (C=O) groups excluding carboxylic acids is 1. The fourth-order valence-corrected chi connectivity index (χ4v) is 2.15. The highest BCUT2D eigenvalue weighted by molar-refractivity contribution is 6.04. The molecule has 0 aliphatic heterocycles. The van der Waals surface area contributed by atoms with Crippen LogP contribution in [0.15, 0.2) is 48.8 Å². The summed E-state index contributed by atoms with van der Waals surface area (Å²) in [4.78, 5) is 12.1. The minimum Gasteiger partial charge on any atom is -0.322 e. The third-order valence-electron chi connectivity index (χ3n) is 3.27. The average Bonchev–Trinajstić information content (AvgIpc) is 2.93. The number of hydrogen-bond donors (Lipinski definition) is 1. The van der Waals surface area contributed by atoms with Gasteiger partial charge < -0.3 is 9.88 Å². The van der Waals surface area contributed by atoms with Gasteiger partial charge in [0.1, 0.15) is 18.0 Å². The summed E-state index contributed by atoms with van der Waals surface area (Å²) in [5.41, 5.74) is 0.997. The van der Waals surface area contributed by atoms with E-state index < -0.39 is 17.5 Å². The van der Waals surface area contributed by atoms with Crippen LogP contribution in [0.5, 0.6) is 0 Å². The van der Waals surface area contributed by atoms with Gasteiger partial charge in [-0.1, -0.05) is 12.1 Å². The Morgan fingerprint density at radius 1 is 1.17 bits per heavy atom. The van der Waals surface area contributed by atoms with E-state index in [4.69, 9.17) is 0 Å². The van der Waals surface area contributed by atoms with Crippen LogP contribution in [-0.4, -0.2) is 20.7 Å². The Hall–Kier alpha value is -3.09. The minimum absolute atomic E-state index is 0.226. The summed E-state index contributed by atoms with van der Waals surface area (Å²) in [6.07, 6.45) is 1.56. The fraction of sp³-hybridized carbons (Fsp3) is 0.0625. The maximum atomic E-state index is 13.6. The number of halogens is 2. The maximum absolute atomic E-state index is 13.6. The molecule has 0 atom stereocenters. The molecular weight excluding hydrogens is 302 g/mol. The highest BCUT2D eigenvalue weighted by Crippen LogP contribution is 2.21. The van der Waals surface area contributed by atoms with Crippen molar-refractivity contribution in [2.75, 3.05) is 5.32 Å². The Morgan fingerprint density at radius 2 is 2.00 bits per heavy atom. The molecule has 0 spiro atoms. The monoisotopic (exact) mass is 314 g/mol. The van der Waals surface area contributed by atoms with Gasteiger partial charge in [0.2, 0.25) is 0 Å². The smallest absolute Gasteiger partial charge is 0.258 e. The van der Waals surface area contributed by atoms with Gasteiger partial charge in [0.15, 0.2) is 5.82 Å². The van der Waals surface area contributed by atoms with Crippen LogP contribution in [-0.2, 0) is 7.05 Å². The zero-order valence-electron chi connectivity index (χ0n) is 12.1. The summed E-state index contributed by atoms with van der Waals surface area (Å²) in [5.74, 6) is -1.66. The van der Waals surface area contributed by atoms with Gasteiger partial charge in [0.25, 0.3) is 5.91 Å². The Morgan fingerprint density at radius 3 is 2.70 bits per heavy atom. The second-order valence-electron chi connectivity index (χ2n) is 4.92. The molecule has 0 unspecified atom stereocenters. The van der Waals surface area contributed by atoms with Gasteiger partial charge >= 0.3 is 0 Å². The first-order valence-electron chi connectivity index (χ1n) is 6.75.